The van der Waals surface area contributed by atoms with Crippen molar-refractivity contribution in [1.82, 2.24) is 0 Å². The average Bonchev–Trinajstić information content (AvgIpc) is 2.41. The van der Waals surface area contributed by atoms with Crippen molar-refractivity contribution in [2.75, 3.05) is 0 Å². The third kappa shape index (κ3) is 0.790. The summed E-state index contributed by atoms with van der Waals surface area (Å²) in [5.74, 6) is 0. The lowest BCUT2D eigenvalue weighted by Gasteiger charge is -2.19. The zero-order valence-electron chi connectivity index (χ0n) is 9.77. The number of benzene rings is 3. The Bertz CT molecular complexity index is 894. The fourth-order valence-electron chi connectivity index (χ4n) is 3.36. The van der Waals surface area contributed by atoms with Crippen LogP contribution in [0.4, 0.5) is 0 Å². The summed E-state index contributed by atoms with van der Waals surface area (Å²) in [6, 6.07) is 21.9. The van der Waals surface area contributed by atoms with E-state index < -0.39 is 0 Å². The standard InChI is InChI=1S/C18H10/c1-3-7-13-11(5-1)15-9-10-16-12-6-2-4-8-14(12)18(16)17(13)15/h1-10H. The topological polar surface area (TPSA) is 0 Å². The second kappa shape index (κ2) is 2.73. The molecule has 0 saturated heterocycles. The monoisotopic (exact) mass is 226 g/mol. The summed E-state index contributed by atoms with van der Waals surface area (Å²) in [6.45, 7) is 0. The quantitative estimate of drug-likeness (QED) is 0.341. The molecule has 0 fully saturated rings. The second-order valence-corrected chi connectivity index (χ2v) is 5.00. The molecule has 0 aliphatic heterocycles. The fourth-order valence-corrected chi connectivity index (χ4v) is 3.36. The highest BCUT2D eigenvalue weighted by molar-refractivity contribution is 6.42. The van der Waals surface area contributed by atoms with Crippen LogP contribution in [-0.2, 0) is 0 Å². The van der Waals surface area contributed by atoms with Crippen molar-refractivity contribution >= 4 is 43.1 Å². The number of rotatable bonds is 0. The first-order chi connectivity index (χ1) is 8.95. The third-order valence-electron chi connectivity index (χ3n) is 4.18. The van der Waals surface area contributed by atoms with Gasteiger partial charge in [-0.3, -0.25) is 0 Å². The van der Waals surface area contributed by atoms with Gasteiger partial charge in [-0.15, -0.1) is 0 Å². The lowest BCUT2D eigenvalue weighted by Crippen LogP contribution is -1.91. The molecule has 5 aromatic rings. The summed E-state index contributed by atoms with van der Waals surface area (Å²) in [4.78, 5) is 0. The maximum Gasteiger partial charge on any atom is -0.00139 e. The molecular weight excluding hydrogens is 216 g/mol. The van der Waals surface area contributed by atoms with Crippen LogP contribution in [0.25, 0.3) is 43.1 Å². The van der Waals surface area contributed by atoms with Gasteiger partial charge in [-0.2, -0.15) is 0 Å². The highest BCUT2D eigenvalue weighted by Crippen LogP contribution is 2.46. The summed E-state index contributed by atoms with van der Waals surface area (Å²) in [6.07, 6.45) is 0. The van der Waals surface area contributed by atoms with E-state index in [-0.39, 0.29) is 0 Å². The van der Waals surface area contributed by atoms with Crippen molar-refractivity contribution in [2.45, 2.75) is 0 Å². The molecule has 0 spiro atoms. The van der Waals surface area contributed by atoms with Crippen molar-refractivity contribution in [3.8, 4) is 0 Å². The summed E-state index contributed by atoms with van der Waals surface area (Å²) in [5, 5.41) is 11.4. The lowest BCUT2D eigenvalue weighted by molar-refractivity contribution is 1.79. The maximum atomic E-state index is 2.27. The maximum absolute atomic E-state index is 2.27. The molecule has 0 radical (unpaired) electrons. The Morgan fingerprint density at radius 1 is 0.333 bits per heavy atom. The first-order valence-corrected chi connectivity index (χ1v) is 6.32. The van der Waals surface area contributed by atoms with Crippen molar-refractivity contribution < 1.29 is 0 Å². The first-order valence-electron chi connectivity index (χ1n) is 6.32. The molecule has 0 heteroatoms. The van der Waals surface area contributed by atoms with E-state index in [9.17, 15) is 0 Å². The lowest BCUT2D eigenvalue weighted by atomic mass is 9.84. The molecule has 0 aliphatic rings. The molecule has 0 heterocycles. The molecule has 0 nitrogen and oxygen atoms in total. The molecule has 0 bridgehead atoms. The summed E-state index contributed by atoms with van der Waals surface area (Å²) < 4.78 is 0. The predicted octanol–water partition coefficient (Wildman–Crippen LogP) is 5.18. The Labute approximate surface area is 104 Å². The van der Waals surface area contributed by atoms with E-state index in [0.717, 1.165) is 0 Å². The van der Waals surface area contributed by atoms with Crippen molar-refractivity contribution in [3.05, 3.63) is 60.7 Å². The van der Waals surface area contributed by atoms with Gasteiger partial charge in [0.2, 0.25) is 0 Å². The molecule has 0 aromatic heterocycles. The summed E-state index contributed by atoms with van der Waals surface area (Å²) in [7, 11) is 0. The zero-order chi connectivity index (χ0) is 11.7. The zero-order valence-corrected chi connectivity index (χ0v) is 9.77. The van der Waals surface area contributed by atoms with Gasteiger partial charge in [-0.25, -0.2) is 0 Å². The smallest absolute Gasteiger partial charge is 0.00139 e. The van der Waals surface area contributed by atoms with Crippen molar-refractivity contribution in [2.24, 2.45) is 0 Å². The number of fused-ring (bicyclic) bond motifs is 9. The van der Waals surface area contributed by atoms with Crippen LogP contribution < -0.4 is 0 Å². The van der Waals surface area contributed by atoms with Crippen LogP contribution in [0.3, 0.4) is 0 Å². The molecular formula is C18H10. The van der Waals surface area contributed by atoms with Crippen LogP contribution in [-0.4, -0.2) is 0 Å². The molecule has 18 heavy (non-hydrogen) atoms. The molecule has 0 aliphatic carbocycles. The summed E-state index contributed by atoms with van der Waals surface area (Å²) in [5.41, 5.74) is 0. The van der Waals surface area contributed by atoms with Gasteiger partial charge in [0, 0.05) is 0 Å². The minimum absolute atomic E-state index is 1.40. The average molecular weight is 226 g/mol. The Hall–Kier alpha value is -2.34. The minimum Gasteiger partial charge on any atom is -0.0616 e. The molecule has 0 unspecified atom stereocenters. The van der Waals surface area contributed by atoms with Gasteiger partial charge in [-0.1, -0.05) is 60.7 Å². The molecule has 82 valence electrons. The van der Waals surface area contributed by atoms with Gasteiger partial charge in [0.1, 0.15) is 0 Å². The van der Waals surface area contributed by atoms with Gasteiger partial charge in [0.05, 0.1) is 0 Å². The Balaban J connectivity index is 2.11. The Morgan fingerprint density at radius 3 is 1.11 bits per heavy atom. The number of hydrogen-bond acceptors (Lipinski definition) is 0. The molecule has 5 rings (SSSR count). The van der Waals surface area contributed by atoms with Gasteiger partial charge in [0.15, 0.2) is 0 Å². The van der Waals surface area contributed by atoms with Crippen LogP contribution in [0.2, 0.25) is 0 Å². The molecule has 0 saturated carbocycles. The third-order valence-corrected chi connectivity index (χ3v) is 4.18. The highest BCUT2D eigenvalue weighted by Gasteiger charge is 2.17. The van der Waals surface area contributed by atoms with Crippen LogP contribution >= 0.6 is 0 Å². The first kappa shape index (κ1) is 8.71. The van der Waals surface area contributed by atoms with Gasteiger partial charge in [-0.05, 0) is 43.1 Å². The number of hydrogen-bond donors (Lipinski definition) is 0. The second-order valence-electron chi connectivity index (χ2n) is 5.00. The van der Waals surface area contributed by atoms with E-state index in [1.807, 2.05) is 0 Å². The summed E-state index contributed by atoms with van der Waals surface area (Å²) >= 11 is 0. The molecule has 0 N–H and O–H groups in total. The van der Waals surface area contributed by atoms with E-state index in [0.29, 0.717) is 0 Å². The van der Waals surface area contributed by atoms with E-state index in [4.69, 9.17) is 0 Å². The van der Waals surface area contributed by atoms with Gasteiger partial charge < -0.3 is 0 Å². The van der Waals surface area contributed by atoms with Crippen LogP contribution in [0, 0.1) is 0 Å². The minimum atomic E-state index is 1.40. The van der Waals surface area contributed by atoms with Crippen LogP contribution in [0.5, 0.6) is 0 Å². The van der Waals surface area contributed by atoms with Gasteiger partial charge >= 0.3 is 0 Å². The fraction of sp³-hybridized carbons (Fsp3) is 0. The highest BCUT2D eigenvalue weighted by atomic mass is 14.2. The van der Waals surface area contributed by atoms with E-state index >= 15 is 0 Å². The van der Waals surface area contributed by atoms with E-state index in [1.165, 1.54) is 43.1 Å². The van der Waals surface area contributed by atoms with Crippen molar-refractivity contribution in [3.63, 3.8) is 0 Å². The Morgan fingerprint density at radius 2 is 0.667 bits per heavy atom. The van der Waals surface area contributed by atoms with Crippen molar-refractivity contribution in [1.29, 1.82) is 0 Å². The van der Waals surface area contributed by atoms with E-state index in [2.05, 4.69) is 60.7 Å². The van der Waals surface area contributed by atoms with E-state index in [1.54, 1.807) is 0 Å². The van der Waals surface area contributed by atoms with Crippen LogP contribution in [0.15, 0.2) is 60.7 Å². The normalized spacial score (nSPS) is 12.4. The molecule has 0 amide bonds. The van der Waals surface area contributed by atoms with Crippen LogP contribution in [0.1, 0.15) is 0 Å². The largest absolute Gasteiger partial charge is 0.0616 e. The predicted molar refractivity (Wildman–Crippen MR) is 78.8 cm³/mol. The molecule has 0 atom stereocenters. The molecule has 5 aromatic carbocycles. The van der Waals surface area contributed by atoms with Gasteiger partial charge in [0.25, 0.3) is 0 Å². The Kier molecular flexibility index (Phi) is 1.32. The SMILES string of the molecule is c1ccc2c(c1)c1ccc3c4ccccc4c3c21.